The van der Waals surface area contributed by atoms with Gasteiger partial charge in [0.25, 0.3) is 11.8 Å². The summed E-state index contributed by atoms with van der Waals surface area (Å²) in [5, 5.41) is 6.73. The lowest BCUT2D eigenvalue weighted by atomic mass is 10.1. The number of carbonyl (C=O) groups is 2. The van der Waals surface area contributed by atoms with Crippen LogP contribution in [0.25, 0.3) is 6.08 Å². The number of nitrogens with one attached hydrogen (secondary N) is 2. The van der Waals surface area contributed by atoms with Crippen molar-refractivity contribution in [1.82, 2.24) is 5.32 Å². The topological polar surface area (TPSA) is 67.4 Å². The van der Waals surface area contributed by atoms with Crippen molar-refractivity contribution < 1.29 is 14.3 Å². The number of benzene rings is 3. The lowest BCUT2D eigenvalue weighted by Gasteiger charge is -2.20. The molecule has 0 radical (unpaired) electrons. The number of carbonyl (C=O) groups excluding carboxylic acids is 2. The zero-order valence-corrected chi connectivity index (χ0v) is 17.1. The molecular formula is C23H16Cl2N2O3. The van der Waals surface area contributed by atoms with Gasteiger partial charge < -0.3 is 15.4 Å². The van der Waals surface area contributed by atoms with Crippen molar-refractivity contribution in [1.29, 1.82) is 0 Å². The third kappa shape index (κ3) is 4.48. The Bertz CT molecular complexity index is 1170. The van der Waals surface area contributed by atoms with Gasteiger partial charge in [-0.15, -0.1) is 0 Å². The van der Waals surface area contributed by atoms with Crippen LogP contribution in [-0.2, 0) is 11.3 Å². The first-order valence-electron chi connectivity index (χ1n) is 9.12. The lowest BCUT2D eigenvalue weighted by molar-refractivity contribution is -0.115. The Labute approximate surface area is 183 Å². The summed E-state index contributed by atoms with van der Waals surface area (Å²) in [6, 6.07) is 19.2. The second-order valence-corrected chi connectivity index (χ2v) is 7.45. The molecule has 3 aromatic carbocycles. The van der Waals surface area contributed by atoms with Gasteiger partial charge in [-0.2, -0.15) is 0 Å². The van der Waals surface area contributed by atoms with Crippen LogP contribution in [0.1, 0.15) is 21.5 Å². The van der Waals surface area contributed by atoms with Crippen LogP contribution in [0.15, 0.2) is 72.5 Å². The minimum absolute atomic E-state index is 0.140. The Hall–Kier alpha value is -3.28. The molecule has 4 rings (SSSR count). The minimum Gasteiger partial charge on any atom is -0.449 e. The van der Waals surface area contributed by atoms with Gasteiger partial charge in [0.1, 0.15) is 0 Å². The van der Waals surface area contributed by atoms with Crippen LogP contribution < -0.4 is 15.4 Å². The number of hydrogen-bond acceptors (Lipinski definition) is 3. The molecule has 0 saturated heterocycles. The van der Waals surface area contributed by atoms with Crippen LogP contribution in [0.5, 0.6) is 5.75 Å². The van der Waals surface area contributed by atoms with Crippen LogP contribution in [0.2, 0.25) is 10.0 Å². The van der Waals surface area contributed by atoms with Crippen LogP contribution >= 0.6 is 23.2 Å². The summed E-state index contributed by atoms with van der Waals surface area (Å²) in [5.41, 5.74) is 2.38. The van der Waals surface area contributed by atoms with Gasteiger partial charge in [0.2, 0.25) is 0 Å². The molecule has 1 aliphatic rings. The molecule has 3 aromatic rings. The fraction of sp³-hybridized carbons (Fsp3) is 0.0435. The molecule has 5 nitrogen and oxygen atoms in total. The SMILES string of the molecule is O=C1Nc2cc(C(=O)NCc3ccccc3Cl)ccc2O/C1=C\c1cccc(Cl)c1. The molecule has 0 unspecified atom stereocenters. The molecule has 0 fully saturated rings. The smallest absolute Gasteiger partial charge is 0.291 e. The number of fused-ring (bicyclic) bond motifs is 1. The largest absolute Gasteiger partial charge is 0.449 e. The zero-order chi connectivity index (χ0) is 21.1. The van der Waals surface area contributed by atoms with Crippen LogP contribution in [0.3, 0.4) is 0 Å². The molecule has 150 valence electrons. The van der Waals surface area contributed by atoms with E-state index in [2.05, 4.69) is 10.6 Å². The fourth-order valence-corrected chi connectivity index (χ4v) is 3.37. The Morgan fingerprint density at radius 2 is 1.87 bits per heavy atom. The fourth-order valence-electron chi connectivity index (χ4n) is 2.97. The lowest BCUT2D eigenvalue weighted by Crippen LogP contribution is -2.26. The van der Waals surface area contributed by atoms with E-state index in [0.29, 0.717) is 33.6 Å². The maximum absolute atomic E-state index is 12.5. The molecule has 0 aliphatic carbocycles. The Morgan fingerprint density at radius 3 is 2.67 bits per heavy atom. The number of halogens is 2. The second-order valence-electron chi connectivity index (χ2n) is 6.60. The van der Waals surface area contributed by atoms with Crippen LogP contribution in [0.4, 0.5) is 5.69 Å². The average Bonchev–Trinajstić information content (AvgIpc) is 2.73. The van der Waals surface area contributed by atoms with Crippen molar-refractivity contribution >= 4 is 46.8 Å². The standard InChI is InChI=1S/C23H16Cl2N2O3/c24-17-6-3-4-14(10-17)11-21-23(29)27-19-12-15(8-9-20(19)30-21)22(28)26-13-16-5-1-2-7-18(16)25/h1-12H,13H2,(H,26,28)(H,27,29)/b21-11-. The molecule has 0 atom stereocenters. The third-order valence-electron chi connectivity index (χ3n) is 4.48. The normalized spacial score (nSPS) is 13.9. The Kier molecular flexibility index (Phi) is 5.74. The molecule has 0 bridgehead atoms. The molecule has 1 heterocycles. The van der Waals surface area contributed by atoms with E-state index in [9.17, 15) is 9.59 Å². The van der Waals surface area contributed by atoms with E-state index in [0.717, 1.165) is 11.1 Å². The van der Waals surface area contributed by atoms with Gasteiger partial charge >= 0.3 is 0 Å². The van der Waals surface area contributed by atoms with Crippen molar-refractivity contribution in [2.75, 3.05) is 5.32 Å². The van der Waals surface area contributed by atoms with Crippen molar-refractivity contribution in [3.63, 3.8) is 0 Å². The number of ether oxygens (including phenoxy) is 1. The average molecular weight is 439 g/mol. The minimum atomic E-state index is -0.406. The van der Waals surface area contributed by atoms with Crippen LogP contribution in [-0.4, -0.2) is 11.8 Å². The molecule has 2 N–H and O–H groups in total. The molecule has 0 aromatic heterocycles. The van der Waals surface area contributed by atoms with Gasteiger partial charge in [-0.25, -0.2) is 0 Å². The van der Waals surface area contributed by atoms with Gasteiger partial charge in [-0.05, 0) is 53.6 Å². The first-order valence-corrected chi connectivity index (χ1v) is 9.87. The number of rotatable bonds is 4. The maximum atomic E-state index is 12.5. The predicted octanol–water partition coefficient (Wildman–Crippen LogP) is 5.30. The Balaban J connectivity index is 1.49. The van der Waals surface area contributed by atoms with E-state index in [-0.39, 0.29) is 11.7 Å². The van der Waals surface area contributed by atoms with Crippen molar-refractivity contribution in [3.05, 3.63) is 99.2 Å². The molecule has 1 aliphatic heterocycles. The maximum Gasteiger partial charge on any atom is 0.291 e. The highest BCUT2D eigenvalue weighted by atomic mass is 35.5. The van der Waals surface area contributed by atoms with Gasteiger partial charge in [0, 0.05) is 22.2 Å². The highest BCUT2D eigenvalue weighted by Crippen LogP contribution is 2.32. The molecule has 30 heavy (non-hydrogen) atoms. The second kappa shape index (κ2) is 8.61. The summed E-state index contributed by atoms with van der Waals surface area (Å²) in [6.07, 6.45) is 1.61. The van der Waals surface area contributed by atoms with Crippen molar-refractivity contribution in [3.8, 4) is 5.75 Å². The van der Waals surface area contributed by atoms with E-state index in [1.165, 1.54) is 0 Å². The number of hydrogen-bond donors (Lipinski definition) is 2. The summed E-state index contributed by atoms with van der Waals surface area (Å²) in [4.78, 5) is 24.9. The quantitative estimate of drug-likeness (QED) is 0.543. The summed E-state index contributed by atoms with van der Waals surface area (Å²) in [6.45, 7) is 0.297. The summed E-state index contributed by atoms with van der Waals surface area (Å²) >= 11 is 12.1. The molecule has 7 heteroatoms. The van der Waals surface area contributed by atoms with E-state index < -0.39 is 5.91 Å². The molecule has 0 saturated carbocycles. The number of anilines is 1. The summed E-state index contributed by atoms with van der Waals surface area (Å²) < 4.78 is 5.72. The summed E-state index contributed by atoms with van der Waals surface area (Å²) in [5.74, 6) is -0.102. The summed E-state index contributed by atoms with van der Waals surface area (Å²) in [7, 11) is 0. The first kappa shape index (κ1) is 20.0. The van der Waals surface area contributed by atoms with Crippen molar-refractivity contribution in [2.24, 2.45) is 0 Å². The van der Waals surface area contributed by atoms with E-state index in [1.54, 1.807) is 48.5 Å². The number of amides is 2. The zero-order valence-electron chi connectivity index (χ0n) is 15.6. The molecular weight excluding hydrogens is 423 g/mol. The Morgan fingerprint density at radius 1 is 1.03 bits per heavy atom. The highest BCUT2D eigenvalue weighted by Gasteiger charge is 2.23. The monoisotopic (exact) mass is 438 g/mol. The van der Waals surface area contributed by atoms with Crippen molar-refractivity contribution in [2.45, 2.75) is 6.54 Å². The van der Waals surface area contributed by atoms with Gasteiger partial charge in [-0.3, -0.25) is 9.59 Å². The highest BCUT2D eigenvalue weighted by molar-refractivity contribution is 6.31. The predicted molar refractivity (Wildman–Crippen MR) is 118 cm³/mol. The van der Waals surface area contributed by atoms with Crippen LogP contribution in [0, 0.1) is 0 Å². The molecule has 2 amide bonds. The van der Waals surface area contributed by atoms with Gasteiger partial charge in [0.15, 0.2) is 11.5 Å². The van der Waals surface area contributed by atoms with E-state index >= 15 is 0 Å². The first-order chi connectivity index (χ1) is 14.5. The van der Waals surface area contributed by atoms with E-state index in [4.69, 9.17) is 27.9 Å². The third-order valence-corrected chi connectivity index (χ3v) is 5.08. The van der Waals surface area contributed by atoms with E-state index in [1.807, 2.05) is 24.3 Å². The molecule has 0 spiro atoms. The van der Waals surface area contributed by atoms with Gasteiger partial charge in [0.05, 0.1) is 5.69 Å². The van der Waals surface area contributed by atoms with Gasteiger partial charge in [-0.1, -0.05) is 53.5 Å².